The number of hydrogen-bond donors (Lipinski definition) is 1. The molecule has 32 heavy (non-hydrogen) atoms. The molecule has 0 aliphatic heterocycles. The standard InChI is InChI=1S/C23H29N5O4/c1-8-31-21(29)17-13-24-28-19(27(7)22(30)32-23(4,5)6)12-18(26-20(17)28)25-16-10-14(2)9-15(3)11-16/h9-13H,8H2,1-7H3,(H,25,26). The molecule has 170 valence electrons. The maximum atomic E-state index is 12.7. The third-order valence-electron chi connectivity index (χ3n) is 4.45. The molecule has 0 aliphatic rings. The van der Waals surface area contributed by atoms with Crippen LogP contribution in [0.25, 0.3) is 5.65 Å². The van der Waals surface area contributed by atoms with Gasteiger partial charge < -0.3 is 14.8 Å². The Morgan fingerprint density at radius 3 is 2.38 bits per heavy atom. The van der Waals surface area contributed by atoms with Crippen LogP contribution in [0.15, 0.2) is 30.5 Å². The van der Waals surface area contributed by atoms with Crippen molar-refractivity contribution in [2.45, 2.75) is 47.1 Å². The van der Waals surface area contributed by atoms with Gasteiger partial charge in [-0.3, -0.25) is 4.90 Å². The van der Waals surface area contributed by atoms with Crippen molar-refractivity contribution in [1.29, 1.82) is 0 Å². The van der Waals surface area contributed by atoms with E-state index in [0.29, 0.717) is 11.6 Å². The molecule has 0 saturated heterocycles. The number of hydrogen-bond acceptors (Lipinski definition) is 7. The molecule has 0 fully saturated rings. The lowest BCUT2D eigenvalue weighted by Crippen LogP contribution is -2.35. The van der Waals surface area contributed by atoms with Crippen molar-refractivity contribution in [1.82, 2.24) is 14.6 Å². The predicted octanol–water partition coefficient (Wildman–Crippen LogP) is 4.64. The summed E-state index contributed by atoms with van der Waals surface area (Å²) in [6.45, 7) is 11.3. The molecule has 1 N–H and O–H groups in total. The third kappa shape index (κ3) is 5.16. The van der Waals surface area contributed by atoms with Gasteiger partial charge in [-0.1, -0.05) is 6.07 Å². The first-order valence-corrected chi connectivity index (χ1v) is 10.4. The first kappa shape index (κ1) is 23.1. The number of aryl methyl sites for hydroxylation is 2. The largest absolute Gasteiger partial charge is 0.462 e. The lowest BCUT2D eigenvalue weighted by molar-refractivity contribution is 0.0527. The number of nitrogens with zero attached hydrogens (tertiary/aromatic N) is 4. The fraction of sp³-hybridized carbons (Fsp3) is 0.391. The number of carbonyl (C=O) groups excluding carboxylic acids is 2. The van der Waals surface area contributed by atoms with E-state index in [0.717, 1.165) is 16.8 Å². The number of benzene rings is 1. The van der Waals surface area contributed by atoms with E-state index in [2.05, 4.69) is 21.5 Å². The average molecular weight is 440 g/mol. The van der Waals surface area contributed by atoms with Gasteiger partial charge >= 0.3 is 12.1 Å². The summed E-state index contributed by atoms with van der Waals surface area (Å²) in [6, 6.07) is 7.72. The molecule has 0 bridgehead atoms. The molecule has 0 unspecified atom stereocenters. The summed E-state index contributed by atoms with van der Waals surface area (Å²) < 4.78 is 12.1. The second-order valence-electron chi connectivity index (χ2n) is 8.55. The first-order chi connectivity index (χ1) is 15.0. The van der Waals surface area contributed by atoms with Gasteiger partial charge in [0.2, 0.25) is 0 Å². The van der Waals surface area contributed by atoms with E-state index in [1.807, 2.05) is 26.0 Å². The highest BCUT2D eigenvalue weighted by atomic mass is 16.6. The van der Waals surface area contributed by atoms with Gasteiger partial charge in [0.15, 0.2) is 5.65 Å². The molecular formula is C23H29N5O4. The summed E-state index contributed by atoms with van der Waals surface area (Å²) in [5, 5.41) is 7.54. The number of amides is 1. The normalized spacial score (nSPS) is 11.3. The smallest absolute Gasteiger partial charge is 0.415 e. The summed E-state index contributed by atoms with van der Waals surface area (Å²) in [5.41, 5.74) is 2.82. The van der Waals surface area contributed by atoms with Crippen LogP contribution in [0.5, 0.6) is 0 Å². The van der Waals surface area contributed by atoms with E-state index in [1.54, 1.807) is 40.8 Å². The number of ether oxygens (including phenoxy) is 2. The van der Waals surface area contributed by atoms with Crippen molar-refractivity contribution in [3.05, 3.63) is 47.2 Å². The number of esters is 1. The zero-order valence-corrected chi connectivity index (χ0v) is 19.5. The fourth-order valence-electron chi connectivity index (χ4n) is 3.22. The van der Waals surface area contributed by atoms with Crippen LogP contribution in [0, 0.1) is 13.8 Å². The maximum Gasteiger partial charge on any atom is 0.415 e. The molecule has 3 aromatic rings. The second kappa shape index (κ2) is 8.86. The maximum absolute atomic E-state index is 12.7. The third-order valence-corrected chi connectivity index (χ3v) is 4.45. The van der Waals surface area contributed by atoms with E-state index in [9.17, 15) is 9.59 Å². The van der Waals surface area contributed by atoms with Gasteiger partial charge in [-0.15, -0.1) is 0 Å². The van der Waals surface area contributed by atoms with Crippen LogP contribution in [0.3, 0.4) is 0 Å². The number of carbonyl (C=O) groups is 2. The highest BCUT2D eigenvalue weighted by Crippen LogP contribution is 2.26. The Hall–Kier alpha value is -3.62. The number of aromatic nitrogens is 3. The Kier molecular flexibility index (Phi) is 6.38. The van der Waals surface area contributed by atoms with Gasteiger partial charge in [0, 0.05) is 18.8 Å². The van der Waals surface area contributed by atoms with Gasteiger partial charge in [-0.05, 0) is 64.8 Å². The second-order valence-corrected chi connectivity index (χ2v) is 8.55. The highest BCUT2D eigenvalue weighted by Gasteiger charge is 2.25. The van der Waals surface area contributed by atoms with Gasteiger partial charge in [-0.2, -0.15) is 9.61 Å². The molecule has 3 rings (SSSR count). The van der Waals surface area contributed by atoms with Crippen LogP contribution in [0.4, 0.5) is 22.1 Å². The topological polar surface area (TPSA) is 98.1 Å². The Bertz CT molecular complexity index is 1140. The zero-order chi connectivity index (χ0) is 23.6. The first-order valence-electron chi connectivity index (χ1n) is 10.4. The van der Waals surface area contributed by atoms with Gasteiger partial charge in [-0.25, -0.2) is 14.6 Å². The Morgan fingerprint density at radius 1 is 1.12 bits per heavy atom. The van der Waals surface area contributed by atoms with Crippen molar-refractivity contribution < 1.29 is 19.1 Å². The summed E-state index contributed by atoms with van der Waals surface area (Å²) >= 11 is 0. The van der Waals surface area contributed by atoms with Crippen molar-refractivity contribution in [3.8, 4) is 0 Å². The van der Waals surface area contributed by atoms with Crippen LogP contribution in [0.1, 0.15) is 49.2 Å². The molecule has 1 amide bonds. The van der Waals surface area contributed by atoms with Crippen LogP contribution in [-0.4, -0.2) is 45.9 Å². The van der Waals surface area contributed by atoms with Crippen molar-refractivity contribution in [3.63, 3.8) is 0 Å². The number of anilines is 3. The number of rotatable bonds is 5. The lowest BCUT2D eigenvalue weighted by atomic mass is 10.1. The van der Waals surface area contributed by atoms with Crippen molar-refractivity contribution in [2.24, 2.45) is 0 Å². The number of fused-ring (bicyclic) bond motifs is 1. The molecule has 0 radical (unpaired) electrons. The Morgan fingerprint density at radius 2 is 1.78 bits per heavy atom. The van der Waals surface area contributed by atoms with E-state index < -0.39 is 17.7 Å². The molecule has 9 nitrogen and oxygen atoms in total. The Labute approximate surface area is 187 Å². The van der Waals surface area contributed by atoms with Crippen LogP contribution < -0.4 is 10.2 Å². The van der Waals surface area contributed by atoms with Crippen molar-refractivity contribution >= 4 is 35.0 Å². The van der Waals surface area contributed by atoms with E-state index in [1.165, 1.54) is 15.6 Å². The predicted molar refractivity (Wildman–Crippen MR) is 123 cm³/mol. The molecule has 1 aromatic carbocycles. The minimum Gasteiger partial charge on any atom is -0.462 e. The minimum absolute atomic E-state index is 0.203. The van der Waals surface area contributed by atoms with Crippen LogP contribution >= 0.6 is 0 Å². The minimum atomic E-state index is -0.669. The molecule has 0 saturated carbocycles. The van der Waals surface area contributed by atoms with Gasteiger partial charge in [0.1, 0.15) is 22.8 Å². The molecule has 2 heterocycles. The monoisotopic (exact) mass is 439 g/mol. The van der Waals surface area contributed by atoms with Crippen LogP contribution in [0.2, 0.25) is 0 Å². The van der Waals surface area contributed by atoms with Crippen molar-refractivity contribution in [2.75, 3.05) is 23.9 Å². The molecule has 2 aromatic heterocycles. The van der Waals surface area contributed by atoms with Crippen LogP contribution in [-0.2, 0) is 9.47 Å². The lowest BCUT2D eigenvalue weighted by Gasteiger charge is -2.25. The summed E-state index contributed by atoms with van der Waals surface area (Å²) in [6.07, 6.45) is 0.823. The summed E-state index contributed by atoms with van der Waals surface area (Å²) in [5.74, 6) is 0.287. The van der Waals surface area contributed by atoms with E-state index in [4.69, 9.17) is 9.47 Å². The van der Waals surface area contributed by atoms with E-state index in [-0.39, 0.29) is 17.8 Å². The quantitative estimate of drug-likeness (QED) is 0.578. The SMILES string of the molecule is CCOC(=O)c1cnn2c(N(C)C(=O)OC(C)(C)C)cc(Nc3cc(C)cc(C)c3)nc12. The Balaban J connectivity index is 2.12. The molecule has 0 atom stereocenters. The van der Waals surface area contributed by atoms with Gasteiger partial charge in [0.25, 0.3) is 0 Å². The summed E-state index contributed by atoms with van der Waals surface area (Å²) in [4.78, 5) is 31.1. The zero-order valence-electron chi connectivity index (χ0n) is 19.5. The fourth-order valence-corrected chi connectivity index (χ4v) is 3.22. The number of nitrogens with one attached hydrogen (secondary N) is 1. The molecule has 9 heteroatoms. The molecular weight excluding hydrogens is 410 g/mol. The van der Waals surface area contributed by atoms with Gasteiger partial charge in [0.05, 0.1) is 12.8 Å². The molecule has 0 aliphatic carbocycles. The average Bonchev–Trinajstić information content (AvgIpc) is 3.08. The van der Waals surface area contributed by atoms with E-state index >= 15 is 0 Å². The highest BCUT2D eigenvalue weighted by molar-refractivity contribution is 5.97. The molecule has 0 spiro atoms. The summed E-state index contributed by atoms with van der Waals surface area (Å²) in [7, 11) is 1.58.